The van der Waals surface area contributed by atoms with Crippen molar-refractivity contribution in [3.63, 3.8) is 0 Å². The topological polar surface area (TPSA) is 68.5 Å². The Balaban J connectivity index is 1.46. The Morgan fingerprint density at radius 1 is 1.19 bits per heavy atom. The molecule has 1 unspecified atom stereocenters. The molecular weight excluding hydrogens is 418 g/mol. The van der Waals surface area contributed by atoms with E-state index >= 15 is 0 Å². The van der Waals surface area contributed by atoms with Gasteiger partial charge < -0.3 is 14.4 Å². The molecule has 1 atom stereocenters. The zero-order valence-corrected chi connectivity index (χ0v) is 18.0. The third kappa shape index (κ3) is 3.69. The number of morpholine rings is 1. The molecule has 2 aliphatic rings. The van der Waals surface area contributed by atoms with Gasteiger partial charge in [-0.05, 0) is 24.6 Å². The minimum Gasteiger partial charge on any atom is -0.494 e. The average Bonchev–Trinajstić information content (AvgIpc) is 3.27. The Kier molecular flexibility index (Phi) is 5.48. The third-order valence-corrected chi connectivity index (χ3v) is 5.98. The van der Waals surface area contributed by atoms with Gasteiger partial charge in [-0.15, -0.1) is 0 Å². The van der Waals surface area contributed by atoms with E-state index in [2.05, 4.69) is 28.0 Å². The molecule has 32 heavy (non-hydrogen) atoms. The quantitative estimate of drug-likeness (QED) is 0.602. The van der Waals surface area contributed by atoms with E-state index in [9.17, 15) is 8.78 Å². The van der Waals surface area contributed by atoms with Gasteiger partial charge in [-0.1, -0.05) is 6.07 Å². The van der Waals surface area contributed by atoms with E-state index in [-0.39, 0.29) is 17.9 Å². The molecular formula is C22H24F2N6O2. The highest BCUT2D eigenvalue weighted by molar-refractivity contribution is 5.73. The molecule has 8 nitrogen and oxygen atoms in total. The normalized spacial score (nSPS) is 18.4. The molecule has 168 valence electrons. The molecule has 0 bridgehead atoms. The van der Waals surface area contributed by atoms with Crippen molar-refractivity contribution < 1.29 is 18.3 Å². The maximum Gasteiger partial charge on any atom is 0.200 e. The van der Waals surface area contributed by atoms with Gasteiger partial charge in [-0.3, -0.25) is 4.90 Å². The SMILES string of the molecule is COc1ccc(CN2Cn3ncnc3-c3cc(CN4CCOCC4C)cnc32)c(F)c1F. The maximum atomic E-state index is 14.6. The fourth-order valence-corrected chi connectivity index (χ4v) is 4.22. The molecule has 3 aromatic rings. The van der Waals surface area contributed by atoms with Crippen LogP contribution in [0.4, 0.5) is 14.6 Å². The van der Waals surface area contributed by atoms with Gasteiger partial charge in [0, 0.05) is 37.4 Å². The number of fused-ring (bicyclic) bond motifs is 3. The summed E-state index contributed by atoms with van der Waals surface area (Å²) in [5.74, 6) is -0.661. The first-order valence-corrected chi connectivity index (χ1v) is 10.5. The molecule has 10 heteroatoms. The molecule has 4 heterocycles. The molecule has 0 amide bonds. The number of rotatable bonds is 5. The lowest BCUT2D eigenvalue weighted by Gasteiger charge is -2.34. The molecule has 0 aliphatic carbocycles. The van der Waals surface area contributed by atoms with Gasteiger partial charge in [0.1, 0.15) is 18.8 Å². The van der Waals surface area contributed by atoms with E-state index in [1.54, 1.807) is 4.68 Å². The second-order valence-electron chi connectivity index (χ2n) is 8.09. The Bertz CT molecular complexity index is 1140. The lowest BCUT2D eigenvalue weighted by molar-refractivity contribution is -0.00440. The van der Waals surface area contributed by atoms with E-state index in [1.807, 2.05) is 11.1 Å². The first-order valence-electron chi connectivity index (χ1n) is 10.5. The molecule has 1 saturated heterocycles. The largest absolute Gasteiger partial charge is 0.494 e. The fraction of sp³-hybridized carbons (Fsp3) is 0.409. The van der Waals surface area contributed by atoms with Crippen molar-refractivity contribution in [3.05, 3.63) is 53.5 Å². The molecule has 0 radical (unpaired) electrons. The first-order chi connectivity index (χ1) is 15.5. The Labute approximate surface area is 184 Å². The van der Waals surface area contributed by atoms with E-state index in [0.29, 0.717) is 31.0 Å². The number of anilines is 1. The summed E-state index contributed by atoms with van der Waals surface area (Å²) in [5, 5.41) is 4.29. The number of hydrogen-bond donors (Lipinski definition) is 0. The smallest absolute Gasteiger partial charge is 0.200 e. The van der Waals surface area contributed by atoms with Crippen LogP contribution in [-0.4, -0.2) is 57.6 Å². The monoisotopic (exact) mass is 442 g/mol. The second-order valence-corrected chi connectivity index (χ2v) is 8.09. The van der Waals surface area contributed by atoms with Gasteiger partial charge in [-0.25, -0.2) is 19.0 Å². The van der Waals surface area contributed by atoms with Crippen LogP contribution >= 0.6 is 0 Å². The number of nitrogens with zero attached hydrogens (tertiary/aromatic N) is 6. The molecule has 5 rings (SSSR count). The number of halogens is 2. The van der Waals surface area contributed by atoms with Crippen LogP contribution < -0.4 is 9.64 Å². The molecule has 1 fully saturated rings. The number of benzene rings is 1. The summed E-state index contributed by atoms with van der Waals surface area (Å²) in [6.07, 6.45) is 3.33. The molecule has 2 aromatic heterocycles. The number of aromatic nitrogens is 4. The van der Waals surface area contributed by atoms with E-state index in [0.717, 1.165) is 30.8 Å². The third-order valence-electron chi connectivity index (χ3n) is 5.98. The predicted octanol–water partition coefficient (Wildman–Crippen LogP) is 2.83. The summed E-state index contributed by atoms with van der Waals surface area (Å²) < 4.78 is 41.0. The van der Waals surface area contributed by atoms with Crippen LogP contribution in [-0.2, 0) is 24.5 Å². The minimum atomic E-state index is -0.994. The van der Waals surface area contributed by atoms with Crippen LogP contribution in [0.1, 0.15) is 18.1 Å². The molecule has 0 saturated carbocycles. The van der Waals surface area contributed by atoms with Crippen LogP contribution in [0.3, 0.4) is 0 Å². The van der Waals surface area contributed by atoms with Gasteiger partial charge in [0.25, 0.3) is 0 Å². The number of hydrogen-bond acceptors (Lipinski definition) is 7. The summed E-state index contributed by atoms with van der Waals surface area (Å²) in [6, 6.07) is 5.34. The van der Waals surface area contributed by atoms with Gasteiger partial charge in [0.2, 0.25) is 5.82 Å². The Hall–Kier alpha value is -3.11. The summed E-state index contributed by atoms with van der Waals surface area (Å²) in [5.41, 5.74) is 2.09. The number of pyridine rings is 1. The van der Waals surface area contributed by atoms with Crippen LogP contribution in [0.25, 0.3) is 11.4 Å². The first kappa shape index (κ1) is 20.8. The highest BCUT2D eigenvalue weighted by Gasteiger charge is 2.28. The Morgan fingerprint density at radius 3 is 2.88 bits per heavy atom. The minimum absolute atomic E-state index is 0.121. The van der Waals surface area contributed by atoms with Crippen molar-refractivity contribution in [1.29, 1.82) is 0 Å². The van der Waals surface area contributed by atoms with Crippen molar-refractivity contribution >= 4 is 5.82 Å². The van der Waals surface area contributed by atoms with Gasteiger partial charge in [-0.2, -0.15) is 9.49 Å². The number of ether oxygens (including phenoxy) is 2. The van der Waals surface area contributed by atoms with E-state index < -0.39 is 11.6 Å². The zero-order valence-electron chi connectivity index (χ0n) is 18.0. The van der Waals surface area contributed by atoms with Crippen molar-refractivity contribution in [2.75, 3.05) is 31.8 Å². The van der Waals surface area contributed by atoms with Crippen LogP contribution in [0.15, 0.2) is 30.7 Å². The molecule has 0 spiro atoms. The average molecular weight is 442 g/mol. The van der Waals surface area contributed by atoms with Gasteiger partial charge in [0.05, 0.1) is 25.9 Å². The van der Waals surface area contributed by atoms with Crippen molar-refractivity contribution in [2.45, 2.75) is 32.7 Å². The Morgan fingerprint density at radius 2 is 2.06 bits per heavy atom. The van der Waals surface area contributed by atoms with Crippen LogP contribution in [0.2, 0.25) is 0 Å². The summed E-state index contributed by atoms with van der Waals surface area (Å²) in [7, 11) is 1.31. The fourth-order valence-electron chi connectivity index (χ4n) is 4.22. The van der Waals surface area contributed by atoms with Crippen molar-refractivity contribution in [3.8, 4) is 17.1 Å². The van der Waals surface area contributed by atoms with Gasteiger partial charge in [0.15, 0.2) is 17.4 Å². The standard InChI is InChI=1S/C22H24F2N6O2/c1-14-11-32-6-5-28(14)9-15-7-17-21(25-8-15)29(13-30-22(17)26-12-27-30)10-16-3-4-18(31-2)20(24)19(16)23/h3-4,7-8,12,14H,5-6,9-11,13H2,1-2H3. The molecule has 2 aliphatic heterocycles. The zero-order chi connectivity index (χ0) is 22.2. The van der Waals surface area contributed by atoms with Gasteiger partial charge >= 0.3 is 0 Å². The molecule has 1 aromatic carbocycles. The summed E-state index contributed by atoms with van der Waals surface area (Å²) in [4.78, 5) is 13.3. The lowest BCUT2D eigenvalue weighted by atomic mass is 10.1. The predicted molar refractivity (Wildman–Crippen MR) is 113 cm³/mol. The lowest BCUT2D eigenvalue weighted by Crippen LogP contribution is -2.43. The molecule has 0 N–H and O–H groups in total. The maximum absolute atomic E-state index is 14.6. The summed E-state index contributed by atoms with van der Waals surface area (Å²) >= 11 is 0. The number of methoxy groups -OCH3 is 1. The van der Waals surface area contributed by atoms with Crippen LogP contribution in [0.5, 0.6) is 5.75 Å². The van der Waals surface area contributed by atoms with Crippen molar-refractivity contribution in [2.24, 2.45) is 0 Å². The van der Waals surface area contributed by atoms with Crippen molar-refractivity contribution in [1.82, 2.24) is 24.6 Å². The second kappa shape index (κ2) is 8.44. The van der Waals surface area contributed by atoms with E-state index in [4.69, 9.17) is 14.5 Å². The van der Waals surface area contributed by atoms with E-state index in [1.165, 1.54) is 25.6 Å². The highest BCUT2D eigenvalue weighted by Crippen LogP contribution is 2.35. The van der Waals surface area contributed by atoms with Crippen LogP contribution in [0, 0.1) is 11.6 Å². The highest BCUT2D eigenvalue weighted by atomic mass is 19.2. The summed E-state index contributed by atoms with van der Waals surface area (Å²) in [6.45, 7) is 5.65.